The number of para-hydroxylation sites is 1. The SMILES string of the molecule is CC1(C)C(C(=O)OC(C#N)c2cccc(Oc3ccccc3)c2)C12CCCC2. The van der Waals surface area contributed by atoms with Crippen LogP contribution in [0, 0.1) is 28.1 Å². The molecule has 0 aliphatic heterocycles. The van der Waals surface area contributed by atoms with Gasteiger partial charge >= 0.3 is 5.97 Å². The molecule has 2 unspecified atom stereocenters. The first-order valence-corrected chi connectivity index (χ1v) is 9.91. The van der Waals surface area contributed by atoms with Gasteiger partial charge in [0.2, 0.25) is 6.10 Å². The van der Waals surface area contributed by atoms with Gasteiger partial charge in [-0.05, 0) is 47.9 Å². The van der Waals surface area contributed by atoms with Crippen LogP contribution in [0.2, 0.25) is 0 Å². The van der Waals surface area contributed by atoms with Crippen LogP contribution >= 0.6 is 0 Å². The van der Waals surface area contributed by atoms with Gasteiger partial charge in [-0.25, -0.2) is 0 Å². The number of hydrogen-bond donors (Lipinski definition) is 0. The molecule has 0 radical (unpaired) electrons. The molecule has 0 saturated heterocycles. The minimum absolute atomic E-state index is 0.0428. The summed E-state index contributed by atoms with van der Waals surface area (Å²) in [4.78, 5) is 12.9. The highest BCUT2D eigenvalue weighted by Gasteiger charge is 2.74. The Kier molecular flexibility index (Phi) is 4.63. The van der Waals surface area contributed by atoms with Gasteiger partial charge in [0, 0.05) is 5.56 Å². The van der Waals surface area contributed by atoms with Crippen LogP contribution in [0.1, 0.15) is 51.2 Å². The van der Waals surface area contributed by atoms with E-state index in [-0.39, 0.29) is 22.7 Å². The van der Waals surface area contributed by atoms with Gasteiger partial charge in [-0.15, -0.1) is 0 Å². The van der Waals surface area contributed by atoms with Crippen LogP contribution < -0.4 is 4.74 Å². The van der Waals surface area contributed by atoms with E-state index >= 15 is 0 Å². The Hall–Kier alpha value is -2.80. The number of esters is 1. The highest BCUT2D eigenvalue weighted by atomic mass is 16.5. The van der Waals surface area contributed by atoms with Crippen molar-refractivity contribution in [3.8, 4) is 17.6 Å². The fourth-order valence-corrected chi connectivity index (χ4v) is 5.12. The van der Waals surface area contributed by atoms with Gasteiger partial charge in [-0.2, -0.15) is 5.26 Å². The molecule has 28 heavy (non-hydrogen) atoms. The molecule has 1 spiro atoms. The second-order valence-corrected chi connectivity index (χ2v) is 8.45. The van der Waals surface area contributed by atoms with Crippen molar-refractivity contribution in [3.05, 3.63) is 60.2 Å². The molecular formula is C24H25NO3. The fourth-order valence-electron chi connectivity index (χ4n) is 5.12. The Morgan fingerprint density at radius 3 is 2.43 bits per heavy atom. The van der Waals surface area contributed by atoms with Crippen LogP contribution in [-0.4, -0.2) is 5.97 Å². The lowest BCUT2D eigenvalue weighted by Gasteiger charge is -2.14. The van der Waals surface area contributed by atoms with Crippen molar-refractivity contribution in [2.24, 2.45) is 16.7 Å². The molecule has 4 heteroatoms. The highest BCUT2D eigenvalue weighted by Crippen LogP contribution is 2.76. The second kappa shape index (κ2) is 6.98. The first-order valence-electron chi connectivity index (χ1n) is 9.91. The van der Waals surface area contributed by atoms with Crippen LogP contribution in [0.15, 0.2) is 54.6 Å². The molecule has 2 atom stereocenters. The second-order valence-electron chi connectivity index (χ2n) is 8.45. The molecule has 2 saturated carbocycles. The average Bonchev–Trinajstić information content (AvgIpc) is 3.00. The monoisotopic (exact) mass is 375 g/mol. The van der Waals surface area contributed by atoms with Gasteiger partial charge in [0.1, 0.15) is 17.6 Å². The molecular weight excluding hydrogens is 350 g/mol. The van der Waals surface area contributed by atoms with Crippen molar-refractivity contribution in [2.45, 2.75) is 45.6 Å². The van der Waals surface area contributed by atoms with Gasteiger partial charge in [-0.1, -0.05) is 57.0 Å². The molecule has 2 aromatic rings. The van der Waals surface area contributed by atoms with Crippen LogP contribution in [-0.2, 0) is 9.53 Å². The summed E-state index contributed by atoms with van der Waals surface area (Å²) in [6.45, 7) is 4.31. The topological polar surface area (TPSA) is 59.3 Å². The van der Waals surface area contributed by atoms with Crippen molar-refractivity contribution in [1.29, 1.82) is 5.26 Å². The largest absolute Gasteiger partial charge is 0.457 e. The Bertz CT molecular complexity index is 907. The van der Waals surface area contributed by atoms with Crippen molar-refractivity contribution in [1.82, 2.24) is 0 Å². The summed E-state index contributed by atoms with van der Waals surface area (Å²) in [5.41, 5.74) is 0.657. The molecule has 0 heterocycles. The third-order valence-electron chi connectivity index (χ3n) is 6.70. The number of nitriles is 1. The summed E-state index contributed by atoms with van der Waals surface area (Å²) >= 11 is 0. The molecule has 0 N–H and O–H groups in total. The third kappa shape index (κ3) is 3.05. The first kappa shape index (κ1) is 18.6. The van der Waals surface area contributed by atoms with Gasteiger partial charge < -0.3 is 9.47 Å². The standard InChI is InChI=1S/C24H25NO3/c1-23(2)21(24(23)13-6-7-14-24)22(26)28-20(16-25)17-9-8-12-19(15-17)27-18-10-4-3-5-11-18/h3-5,8-12,15,20-21H,6-7,13-14H2,1-2H3. The zero-order valence-corrected chi connectivity index (χ0v) is 16.4. The number of benzene rings is 2. The van der Waals surface area contributed by atoms with E-state index in [9.17, 15) is 10.1 Å². The molecule has 4 nitrogen and oxygen atoms in total. The van der Waals surface area contributed by atoms with E-state index in [1.165, 1.54) is 12.8 Å². The zero-order valence-electron chi connectivity index (χ0n) is 16.4. The molecule has 2 fully saturated rings. The summed E-state index contributed by atoms with van der Waals surface area (Å²) in [6, 6.07) is 18.8. The van der Waals surface area contributed by atoms with Gasteiger partial charge in [0.05, 0.1) is 5.92 Å². The van der Waals surface area contributed by atoms with Gasteiger partial charge in [0.15, 0.2) is 0 Å². The van der Waals surface area contributed by atoms with E-state index < -0.39 is 6.10 Å². The Morgan fingerprint density at radius 1 is 1.07 bits per heavy atom. The molecule has 0 aromatic heterocycles. The van der Waals surface area contributed by atoms with E-state index in [4.69, 9.17) is 9.47 Å². The Morgan fingerprint density at radius 2 is 1.75 bits per heavy atom. The van der Waals surface area contributed by atoms with Crippen molar-refractivity contribution in [2.75, 3.05) is 0 Å². The Balaban J connectivity index is 1.48. The summed E-state index contributed by atoms with van der Waals surface area (Å²) < 4.78 is 11.5. The molecule has 2 aliphatic rings. The third-order valence-corrected chi connectivity index (χ3v) is 6.70. The zero-order chi connectivity index (χ0) is 19.8. The predicted molar refractivity (Wildman–Crippen MR) is 106 cm³/mol. The maximum atomic E-state index is 12.9. The molecule has 0 amide bonds. The number of rotatable bonds is 5. The normalized spacial score (nSPS) is 22.2. The molecule has 2 aliphatic carbocycles. The first-order chi connectivity index (χ1) is 13.5. The number of nitrogens with zero attached hydrogens (tertiary/aromatic N) is 1. The van der Waals surface area contributed by atoms with E-state index in [1.54, 1.807) is 12.1 Å². The lowest BCUT2D eigenvalue weighted by molar-refractivity contribution is -0.150. The molecule has 0 bridgehead atoms. The van der Waals surface area contributed by atoms with Crippen LogP contribution in [0.3, 0.4) is 0 Å². The Labute approximate surface area is 166 Å². The van der Waals surface area contributed by atoms with Crippen LogP contribution in [0.4, 0.5) is 0 Å². The maximum Gasteiger partial charge on any atom is 0.311 e. The smallest absolute Gasteiger partial charge is 0.311 e. The van der Waals surface area contributed by atoms with Crippen molar-refractivity contribution >= 4 is 5.97 Å². The quantitative estimate of drug-likeness (QED) is 0.619. The van der Waals surface area contributed by atoms with Crippen molar-refractivity contribution in [3.63, 3.8) is 0 Å². The van der Waals surface area contributed by atoms with Gasteiger partial charge in [0.25, 0.3) is 0 Å². The van der Waals surface area contributed by atoms with E-state index in [0.29, 0.717) is 17.1 Å². The maximum absolute atomic E-state index is 12.9. The fraction of sp³-hybridized carbons (Fsp3) is 0.417. The van der Waals surface area contributed by atoms with E-state index in [0.717, 1.165) is 12.8 Å². The lowest BCUT2D eigenvalue weighted by Crippen LogP contribution is -2.15. The minimum Gasteiger partial charge on any atom is -0.457 e. The number of carbonyl (C=O) groups excluding carboxylic acids is 1. The van der Waals surface area contributed by atoms with Gasteiger partial charge in [-0.3, -0.25) is 4.79 Å². The minimum atomic E-state index is -0.929. The van der Waals surface area contributed by atoms with Crippen LogP contribution in [0.25, 0.3) is 0 Å². The molecule has 2 aromatic carbocycles. The predicted octanol–water partition coefficient (Wildman–Crippen LogP) is 5.80. The van der Waals surface area contributed by atoms with E-state index in [1.807, 2.05) is 42.5 Å². The number of carbonyl (C=O) groups is 1. The highest BCUT2D eigenvalue weighted by molar-refractivity contribution is 5.79. The number of ether oxygens (including phenoxy) is 2. The van der Waals surface area contributed by atoms with Crippen LogP contribution in [0.5, 0.6) is 11.5 Å². The number of hydrogen-bond acceptors (Lipinski definition) is 4. The molecule has 144 valence electrons. The van der Waals surface area contributed by atoms with Crippen molar-refractivity contribution < 1.29 is 14.3 Å². The summed E-state index contributed by atoms with van der Waals surface area (Å²) in [6.07, 6.45) is 3.58. The van der Waals surface area contributed by atoms with E-state index in [2.05, 4.69) is 19.9 Å². The summed E-state index contributed by atoms with van der Waals surface area (Å²) in [5.74, 6) is 0.974. The average molecular weight is 375 g/mol. The summed E-state index contributed by atoms with van der Waals surface area (Å²) in [5, 5.41) is 9.63. The lowest BCUT2D eigenvalue weighted by atomic mass is 9.94. The molecule has 4 rings (SSSR count). The summed E-state index contributed by atoms with van der Waals surface area (Å²) in [7, 11) is 0.